The predicted octanol–water partition coefficient (Wildman–Crippen LogP) is 0.873. The summed E-state index contributed by atoms with van der Waals surface area (Å²) in [5.41, 5.74) is 12.0. The number of nitrogens with zero attached hydrogens (tertiary/aromatic N) is 1. The molecular weight excluding hydrogens is 488 g/mol. The van der Waals surface area contributed by atoms with Crippen molar-refractivity contribution in [2.45, 2.75) is 6.42 Å². The molecule has 9 aliphatic rings. The standard InChI is InChI=1S/C25H16B9N2P2/c1-3-9-18-15(7-1)13-16-14-22(37(30-26-31(37)34(30)37)35-38-27-32(38)33(38)28-38)23-17-8-2-5-11-20(17)36-21-12-6-4-10-19(21)29(18)24(16)25(23)36/h1-12,14,35H,13H2/q-2. The van der Waals surface area contributed by atoms with Crippen molar-refractivity contribution in [1.82, 2.24) is 9.42 Å². The fourth-order valence-electron chi connectivity index (χ4n) is 10.7. The molecule has 0 atom stereocenters. The van der Waals surface area contributed by atoms with Crippen LogP contribution >= 0.6 is 12.7 Å². The second kappa shape index (κ2) is 5.02. The van der Waals surface area contributed by atoms with Crippen LogP contribution < -0.4 is 26.6 Å². The maximum atomic E-state index is 4.76. The molecule has 2 nitrogen and oxygen atoms in total. The summed E-state index contributed by atoms with van der Waals surface area (Å²) in [5.74, 6) is 0. The van der Waals surface area contributed by atoms with Gasteiger partial charge in [-0.1, -0.05) is 0 Å². The van der Waals surface area contributed by atoms with E-state index in [0.717, 1.165) is 37.5 Å². The summed E-state index contributed by atoms with van der Waals surface area (Å²) in [6.45, 7) is 5.87. The third-order valence-electron chi connectivity index (χ3n) is 12.8. The number of nitrogens with one attached hydrogen (secondary N) is 1. The summed E-state index contributed by atoms with van der Waals surface area (Å²) < 4.78 is 2.67. The van der Waals surface area contributed by atoms with Gasteiger partial charge in [-0.2, -0.15) is 0 Å². The fourth-order valence-corrected chi connectivity index (χ4v) is 30.1. The Morgan fingerprint density at radius 1 is 0.868 bits per heavy atom. The van der Waals surface area contributed by atoms with Gasteiger partial charge < -0.3 is 0 Å². The van der Waals surface area contributed by atoms with Crippen LogP contribution in [-0.2, 0) is 6.42 Å². The number of fused-ring (bicyclic) bond motifs is 9. The van der Waals surface area contributed by atoms with Crippen LogP contribution in [0, 0.1) is 0 Å². The average molecular weight is 504 g/mol. The molecule has 5 radical (unpaired) electrons. The normalized spacial score (nSPS) is 27.3. The van der Waals surface area contributed by atoms with Gasteiger partial charge in [0.2, 0.25) is 0 Å². The van der Waals surface area contributed by atoms with E-state index >= 15 is 0 Å². The van der Waals surface area contributed by atoms with Crippen molar-refractivity contribution >= 4 is 115 Å². The molecule has 13 heteroatoms. The van der Waals surface area contributed by atoms with Gasteiger partial charge in [0, 0.05) is 0 Å². The van der Waals surface area contributed by atoms with Crippen molar-refractivity contribution in [1.29, 1.82) is 0 Å². The predicted molar refractivity (Wildman–Crippen MR) is 177 cm³/mol. The van der Waals surface area contributed by atoms with Gasteiger partial charge in [0.15, 0.2) is 0 Å². The second-order valence-corrected chi connectivity index (χ2v) is 24.0. The van der Waals surface area contributed by atoms with Gasteiger partial charge in [-0.05, 0) is 0 Å². The van der Waals surface area contributed by atoms with E-state index < -0.39 is 12.7 Å². The van der Waals surface area contributed by atoms with Gasteiger partial charge in [0.25, 0.3) is 0 Å². The summed E-state index contributed by atoms with van der Waals surface area (Å²) >= 11 is 0. The molecule has 2 bridgehead atoms. The first-order chi connectivity index (χ1) is 18.7. The summed E-state index contributed by atoms with van der Waals surface area (Å²) in [4.78, 5) is 4.76. The number of aromatic nitrogens is 1. The van der Waals surface area contributed by atoms with Crippen molar-refractivity contribution in [3.8, 4) is 5.69 Å². The van der Waals surface area contributed by atoms with Gasteiger partial charge >= 0.3 is 226 Å². The zero-order chi connectivity index (χ0) is 24.0. The maximum absolute atomic E-state index is 4.76. The van der Waals surface area contributed by atoms with E-state index in [2.05, 4.69) is 104 Å². The minimum atomic E-state index is -2.07. The van der Waals surface area contributed by atoms with Gasteiger partial charge in [0.1, 0.15) is 0 Å². The van der Waals surface area contributed by atoms with Crippen LogP contribution in [0.2, 0.25) is 0 Å². The summed E-state index contributed by atoms with van der Waals surface area (Å²) in [6, 6.07) is 30.7. The quantitative estimate of drug-likeness (QED) is 0.280. The molecular formula is C25H16B9N2P2-2. The van der Waals surface area contributed by atoms with Crippen LogP contribution in [0.1, 0.15) is 11.1 Å². The molecule has 14 rings (SSSR count). The van der Waals surface area contributed by atoms with Crippen molar-refractivity contribution in [2.75, 3.05) is 0 Å². The van der Waals surface area contributed by atoms with Gasteiger partial charge in [-0.15, -0.1) is 0 Å². The minimum absolute atomic E-state index is 0.327. The van der Waals surface area contributed by atoms with E-state index in [0.29, 0.717) is 6.71 Å². The van der Waals surface area contributed by atoms with E-state index in [-0.39, 0.29) is 0 Å². The fraction of sp³-hybridized carbons (Fsp3) is 0.0400. The number of benzene rings is 4. The Kier molecular flexibility index (Phi) is 2.54. The Morgan fingerprint density at radius 3 is 2.39 bits per heavy atom. The molecule has 7 saturated heterocycles. The number of hydrogen-bond acceptors (Lipinski definition) is 1. The third kappa shape index (κ3) is 1.51. The Balaban J connectivity index is 1.23. The monoisotopic (exact) mass is 505 g/mol. The Hall–Kier alpha value is -1.92. The van der Waals surface area contributed by atoms with Crippen LogP contribution in [0.4, 0.5) is 0 Å². The molecule has 0 aliphatic carbocycles. The molecule has 1 aromatic heterocycles. The van der Waals surface area contributed by atoms with Gasteiger partial charge in [0.05, 0.1) is 0 Å². The zero-order valence-electron chi connectivity index (χ0n) is 20.8. The molecule has 38 heavy (non-hydrogen) atoms. The first-order valence-electron chi connectivity index (χ1n) is 14.4. The Morgan fingerprint density at radius 2 is 1.63 bits per heavy atom. The molecule has 7 fully saturated rings. The molecule has 5 aromatic rings. The molecule has 0 saturated carbocycles. The topological polar surface area (TPSA) is 17.0 Å². The van der Waals surface area contributed by atoms with Gasteiger partial charge in [-0.25, -0.2) is 0 Å². The molecule has 10 heterocycles. The Labute approximate surface area is 225 Å². The van der Waals surface area contributed by atoms with E-state index in [1.807, 2.05) is 0 Å². The van der Waals surface area contributed by atoms with Gasteiger partial charge in [-0.3, -0.25) is 0 Å². The van der Waals surface area contributed by atoms with Crippen LogP contribution in [-0.4, -0.2) is 63.2 Å². The molecule has 0 amide bonds. The van der Waals surface area contributed by atoms with Crippen molar-refractivity contribution < 1.29 is 0 Å². The van der Waals surface area contributed by atoms with Crippen molar-refractivity contribution in [2.24, 2.45) is 0 Å². The zero-order valence-corrected chi connectivity index (χ0v) is 22.5. The molecule has 4 aromatic carbocycles. The number of rotatable bonds is 3. The molecule has 9 aliphatic heterocycles. The third-order valence-corrected chi connectivity index (χ3v) is 27.2. The Bertz CT molecular complexity index is 2110. The SMILES string of the molecule is [B]1B2B3[B-]P123NP12(c3cc4c5c6c3c3ccccc3n6-c3ccccc3B5c3ccccc3C4)B3[B-]B1B32. The van der Waals surface area contributed by atoms with E-state index in [1.54, 1.807) is 21.7 Å². The summed E-state index contributed by atoms with van der Waals surface area (Å²) in [7, 11) is 2.73. The van der Waals surface area contributed by atoms with E-state index in [9.17, 15) is 0 Å². The van der Waals surface area contributed by atoms with Crippen molar-refractivity contribution in [3.05, 3.63) is 90.0 Å². The number of para-hydroxylation sites is 2. The van der Waals surface area contributed by atoms with Crippen molar-refractivity contribution in [3.63, 3.8) is 0 Å². The average Bonchev–Trinajstić information content (AvgIpc) is 3.89. The van der Waals surface area contributed by atoms with Crippen LogP contribution in [0.15, 0.2) is 78.9 Å². The second-order valence-electron chi connectivity index (χ2n) is 13.7. The van der Waals surface area contributed by atoms with Crippen LogP contribution in [0.25, 0.3) is 27.5 Å². The molecule has 1 spiro atoms. The molecule has 1 N–H and O–H groups in total. The first-order valence-corrected chi connectivity index (χ1v) is 19.3. The first kappa shape index (κ1) is 19.2. The number of hydrogen-bond donors (Lipinski definition) is 1. The van der Waals surface area contributed by atoms with E-state index in [4.69, 9.17) is 4.86 Å². The molecule has 0 unspecified atom stereocenters. The van der Waals surface area contributed by atoms with E-state index in [1.165, 1.54) is 38.6 Å². The summed E-state index contributed by atoms with van der Waals surface area (Å²) in [6.07, 6.45) is 2.04. The van der Waals surface area contributed by atoms with Crippen LogP contribution in [0.3, 0.4) is 0 Å². The van der Waals surface area contributed by atoms with Crippen LogP contribution in [0.5, 0.6) is 0 Å². The summed E-state index contributed by atoms with van der Waals surface area (Å²) in [5, 5.41) is 4.88. The molecule has 165 valence electrons.